The summed E-state index contributed by atoms with van der Waals surface area (Å²) in [6, 6.07) is 6.89. The topological polar surface area (TPSA) is 84.2 Å². The molecule has 106 valence electrons. The quantitative estimate of drug-likeness (QED) is 0.880. The molecule has 0 radical (unpaired) electrons. The second-order valence-electron chi connectivity index (χ2n) is 4.79. The second-order valence-corrected chi connectivity index (χ2v) is 6.56. The normalized spacial score (nSPS) is 14.4. The fraction of sp³-hybridized carbons (Fsp3) is 0.308. The number of aromatic nitrogens is 1. The van der Waals surface area contributed by atoms with Crippen LogP contribution in [0.5, 0.6) is 0 Å². The van der Waals surface area contributed by atoms with Gasteiger partial charge in [-0.3, -0.25) is 0 Å². The van der Waals surface area contributed by atoms with Crippen molar-refractivity contribution in [1.29, 1.82) is 0 Å². The van der Waals surface area contributed by atoms with Gasteiger partial charge >= 0.3 is 0 Å². The van der Waals surface area contributed by atoms with Gasteiger partial charge in [-0.1, -0.05) is 11.2 Å². The Hall–Kier alpha value is -1.70. The number of fused-ring (bicyclic) bond motifs is 1. The molecule has 0 unspecified atom stereocenters. The lowest BCUT2D eigenvalue weighted by atomic mass is 10.1. The Labute approximate surface area is 117 Å². The van der Waals surface area contributed by atoms with Gasteiger partial charge in [-0.25, -0.2) is 13.1 Å². The lowest BCUT2D eigenvalue weighted by molar-refractivity contribution is 0.377. The third-order valence-electron chi connectivity index (χ3n) is 3.23. The molecule has 2 N–H and O–H groups in total. The molecule has 1 aliphatic heterocycles. The maximum atomic E-state index is 12.2. The minimum absolute atomic E-state index is 0.0957. The van der Waals surface area contributed by atoms with Crippen LogP contribution in [0.15, 0.2) is 33.7 Å². The number of hydrogen-bond acceptors (Lipinski definition) is 5. The molecule has 0 saturated carbocycles. The van der Waals surface area contributed by atoms with E-state index in [2.05, 4.69) is 15.2 Å². The summed E-state index contributed by atoms with van der Waals surface area (Å²) in [5, 5.41) is 6.91. The van der Waals surface area contributed by atoms with Crippen molar-refractivity contribution >= 4 is 10.0 Å². The molecule has 0 bridgehead atoms. The molecule has 0 spiro atoms. The predicted octanol–water partition coefficient (Wildman–Crippen LogP) is 1.06. The number of rotatable bonds is 4. The highest BCUT2D eigenvalue weighted by Crippen LogP contribution is 2.20. The van der Waals surface area contributed by atoms with Gasteiger partial charge < -0.3 is 9.84 Å². The van der Waals surface area contributed by atoms with Gasteiger partial charge in [0.25, 0.3) is 0 Å². The van der Waals surface area contributed by atoms with E-state index in [0.717, 1.165) is 23.4 Å². The van der Waals surface area contributed by atoms with Gasteiger partial charge in [-0.15, -0.1) is 0 Å². The number of nitrogens with zero attached hydrogens (tertiary/aromatic N) is 1. The highest BCUT2D eigenvalue weighted by molar-refractivity contribution is 7.89. The van der Waals surface area contributed by atoms with Crippen LogP contribution in [-0.2, 0) is 29.7 Å². The molecule has 1 aromatic carbocycles. The SMILES string of the molecule is Cc1cc(CNS(=O)(=O)c2ccc3c(c2)CNC3)on1. The first-order valence-corrected chi connectivity index (χ1v) is 7.77. The Bertz CT molecular complexity index is 737. The van der Waals surface area contributed by atoms with Crippen LogP contribution >= 0.6 is 0 Å². The highest BCUT2D eigenvalue weighted by Gasteiger charge is 2.18. The average molecular weight is 293 g/mol. The van der Waals surface area contributed by atoms with E-state index in [1.165, 1.54) is 0 Å². The van der Waals surface area contributed by atoms with Gasteiger partial charge in [-0.2, -0.15) is 0 Å². The van der Waals surface area contributed by atoms with Crippen molar-refractivity contribution < 1.29 is 12.9 Å². The fourth-order valence-corrected chi connectivity index (χ4v) is 3.23. The molecule has 7 heteroatoms. The van der Waals surface area contributed by atoms with E-state index in [-0.39, 0.29) is 11.4 Å². The third kappa shape index (κ3) is 2.60. The molecule has 1 aromatic heterocycles. The summed E-state index contributed by atoms with van der Waals surface area (Å²) in [6.45, 7) is 3.38. The van der Waals surface area contributed by atoms with Gasteiger partial charge in [0, 0.05) is 19.2 Å². The summed E-state index contributed by atoms with van der Waals surface area (Å²) in [7, 11) is -3.54. The lowest BCUT2D eigenvalue weighted by Crippen LogP contribution is -2.23. The van der Waals surface area contributed by atoms with Crippen molar-refractivity contribution in [2.24, 2.45) is 0 Å². The van der Waals surface area contributed by atoms with E-state index in [9.17, 15) is 8.42 Å². The van der Waals surface area contributed by atoms with E-state index < -0.39 is 10.0 Å². The molecule has 0 fully saturated rings. The second kappa shape index (κ2) is 5.01. The summed E-state index contributed by atoms with van der Waals surface area (Å²) in [6.07, 6.45) is 0. The van der Waals surface area contributed by atoms with Crippen LogP contribution < -0.4 is 10.0 Å². The molecular formula is C13H15N3O3S. The van der Waals surface area contributed by atoms with Crippen molar-refractivity contribution in [3.8, 4) is 0 Å². The maximum Gasteiger partial charge on any atom is 0.240 e. The molecule has 1 aliphatic rings. The molecule has 20 heavy (non-hydrogen) atoms. The number of hydrogen-bond donors (Lipinski definition) is 2. The molecular weight excluding hydrogens is 278 g/mol. The van der Waals surface area contributed by atoms with E-state index >= 15 is 0 Å². The van der Waals surface area contributed by atoms with Crippen molar-refractivity contribution in [1.82, 2.24) is 15.2 Å². The third-order valence-corrected chi connectivity index (χ3v) is 4.63. The average Bonchev–Trinajstić information content (AvgIpc) is 3.04. The first kappa shape index (κ1) is 13.3. The van der Waals surface area contributed by atoms with Crippen LogP contribution in [0.3, 0.4) is 0 Å². The summed E-state index contributed by atoms with van der Waals surface area (Å²) in [4.78, 5) is 0.274. The first-order valence-electron chi connectivity index (χ1n) is 6.29. The van der Waals surface area contributed by atoms with E-state index in [1.807, 2.05) is 6.07 Å². The zero-order valence-electron chi connectivity index (χ0n) is 11.0. The van der Waals surface area contributed by atoms with Crippen LogP contribution in [0.1, 0.15) is 22.6 Å². The Morgan fingerprint density at radius 2 is 2.10 bits per heavy atom. The number of sulfonamides is 1. The van der Waals surface area contributed by atoms with Crippen LogP contribution in [0.2, 0.25) is 0 Å². The van der Waals surface area contributed by atoms with Gasteiger partial charge in [0.2, 0.25) is 10.0 Å². The minimum Gasteiger partial charge on any atom is -0.360 e. The molecule has 0 amide bonds. The maximum absolute atomic E-state index is 12.2. The van der Waals surface area contributed by atoms with Crippen molar-refractivity contribution in [2.45, 2.75) is 31.5 Å². The first-order chi connectivity index (χ1) is 9.54. The Morgan fingerprint density at radius 1 is 1.30 bits per heavy atom. The van der Waals surface area contributed by atoms with Crippen molar-refractivity contribution in [2.75, 3.05) is 0 Å². The Balaban J connectivity index is 1.78. The smallest absolute Gasteiger partial charge is 0.240 e. The molecule has 2 aromatic rings. The largest absolute Gasteiger partial charge is 0.360 e. The Morgan fingerprint density at radius 3 is 2.85 bits per heavy atom. The summed E-state index contributed by atoms with van der Waals surface area (Å²) < 4.78 is 31.9. The summed E-state index contributed by atoms with van der Waals surface area (Å²) in [5.74, 6) is 0.494. The van der Waals surface area contributed by atoms with E-state index in [0.29, 0.717) is 12.3 Å². The van der Waals surface area contributed by atoms with Crippen LogP contribution in [0.25, 0.3) is 0 Å². The van der Waals surface area contributed by atoms with E-state index in [4.69, 9.17) is 4.52 Å². The van der Waals surface area contributed by atoms with Crippen LogP contribution in [0.4, 0.5) is 0 Å². The number of nitrogens with one attached hydrogen (secondary N) is 2. The molecule has 2 heterocycles. The molecule has 0 aliphatic carbocycles. The van der Waals surface area contributed by atoms with Gasteiger partial charge in [0.1, 0.15) is 0 Å². The number of benzene rings is 1. The zero-order valence-corrected chi connectivity index (χ0v) is 11.8. The highest BCUT2D eigenvalue weighted by atomic mass is 32.2. The Kier molecular flexibility index (Phi) is 3.33. The van der Waals surface area contributed by atoms with Crippen molar-refractivity contribution in [3.05, 3.63) is 46.8 Å². The zero-order chi connectivity index (χ0) is 14.2. The lowest BCUT2D eigenvalue weighted by Gasteiger charge is -2.06. The predicted molar refractivity (Wildman–Crippen MR) is 72.3 cm³/mol. The van der Waals surface area contributed by atoms with Gasteiger partial charge in [-0.05, 0) is 30.2 Å². The van der Waals surface area contributed by atoms with Gasteiger partial charge in [0.05, 0.1) is 17.1 Å². The standard InChI is InChI=1S/C13H15N3O3S/c1-9-4-12(19-16-9)8-15-20(17,18)13-3-2-10-6-14-7-11(10)5-13/h2-5,14-15H,6-8H2,1H3. The van der Waals surface area contributed by atoms with E-state index in [1.54, 1.807) is 25.1 Å². The number of aryl methyl sites for hydroxylation is 1. The molecule has 0 saturated heterocycles. The van der Waals surface area contributed by atoms with Crippen molar-refractivity contribution in [3.63, 3.8) is 0 Å². The van der Waals surface area contributed by atoms with Crippen LogP contribution in [0, 0.1) is 6.92 Å². The molecule has 0 atom stereocenters. The fourth-order valence-electron chi connectivity index (χ4n) is 2.19. The molecule has 3 rings (SSSR count). The summed E-state index contributed by atoms with van der Waals surface area (Å²) >= 11 is 0. The monoisotopic (exact) mass is 293 g/mol. The summed E-state index contributed by atoms with van der Waals surface area (Å²) in [5.41, 5.74) is 2.90. The molecule has 6 nitrogen and oxygen atoms in total. The minimum atomic E-state index is -3.54. The van der Waals surface area contributed by atoms with Gasteiger partial charge in [0.15, 0.2) is 5.76 Å². The van der Waals surface area contributed by atoms with Crippen LogP contribution in [-0.4, -0.2) is 13.6 Å².